The highest BCUT2D eigenvalue weighted by atomic mass is 16.8. The molecule has 2 aliphatic rings. The van der Waals surface area contributed by atoms with Crippen LogP contribution in [0.4, 0.5) is 0 Å². The molecule has 1 saturated heterocycles. The molecule has 0 N–H and O–H groups in total. The molecule has 0 radical (unpaired) electrons. The predicted molar refractivity (Wildman–Crippen MR) is 123 cm³/mol. The molecule has 2 unspecified atom stereocenters. The minimum atomic E-state index is -1.30. The van der Waals surface area contributed by atoms with Crippen LogP contribution >= 0.6 is 0 Å². The van der Waals surface area contributed by atoms with Crippen LogP contribution in [0.2, 0.25) is 0 Å². The molecule has 0 bridgehead atoms. The summed E-state index contributed by atoms with van der Waals surface area (Å²) in [4.78, 5) is 18.7. The Balaban J connectivity index is 1.67. The second kappa shape index (κ2) is 6.48. The van der Waals surface area contributed by atoms with Gasteiger partial charge in [-0.25, -0.2) is 4.98 Å². The average Bonchev–Trinajstić information content (AvgIpc) is 3.36. The number of ether oxygens (including phenoxy) is 2. The molecule has 2 aliphatic heterocycles. The van der Waals surface area contributed by atoms with Gasteiger partial charge in [0.25, 0.3) is 11.3 Å². The highest BCUT2D eigenvalue weighted by molar-refractivity contribution is 5.83. The molecule has 6 rings (SSSR count). The van der Waals surface area contributed by atoms with Crippen molar-refractivity contribution in [1.82, 2.24) is 9.55 Å². The van der Waals surface area contributed by atoms with Crippen LogP contribution < -0.4 is 5.56 Å². The fraction of sp³-hybridized carbons (Fsp3) is 0.185. The molecule has 32 heavy (non-hydrogen) atoms. The Labute approximate surface area is 185 Å². The Bertz CT molecular complexity index is 1470. The molecular weight excluding hydrogens is 400 g/mol. The lowest BCUT2D eigenvalue weighted by Crippen LogP contribution is -2.34. The van der Waals surface area contributed by atoms with Crippen LogP contribution in [0, 0.1) is 13.8 Å². The molecule has 2 atom stereocenters. The van der Waals surface area contributed by atoms with Crippen molar-refractivity contribution >= 4 is 10.9 Å². The third-order valence-corrected chi connectivity index (χ3v) is 6.77. The topological polar surface area (TPSA) is 53.4 Å². The van der Waals surface area contributed by atoms with Crippen molar-refractivity contribution in [3.8, 4) is 5.69 Å². The number of fused-ring (bicyclic) bond motifs is 6. The van der Waals surface area contributed by atoms with Crippen molar-refractivity contribution in [1.29, 1.82) is 0 Å². The number of aromatic nitrogens is 2. The molecule has 4 aromatic rings. The van der Waals surface area contributed by atoms with Crippen molar-refractivity contribution in [3.63, 3.8) is 0 Å². The number of rotatable bonds is 2. The molecule has 3 heterocycles. The Morgan fingerprint density at radius 3 is 2.56 bits per heavy atom. The minimum Gasteiger partial charge on any atom is -0.336 e. The molecule has 1 fully saturated rings. The Morgan fingerprint density at radius 1 is 1.03 bits per heavy atom. The summed E-state index contributed by atoms with van der Waals surface area (Å²) in [5, 5.41) is 0.583. The normalized spacial score (nSPS) is 23.4. The lowest BCUT2D eigenvalue weighted by atomic mass is 9.95. The van der Waals surface area contributed by atoms with E-state index in [0.717, 1.165) is 27.9 Å². The number of para-hydroxylation sites is 1. The van der Waals surface area contributed by atoms with Gasteiger partial charge in [-0.2, -0.15) is 0 Å². The maximum absolute atomic E-state index is 13.7. The molecule has 0 amide bonds. The van der Waals surface area contributed by atoms with Crippen LogP contribution in [0.1, 0.15) is 28.1 Å². The quantitative estimate of drug-likeness (QED) is 0.442. The fourth-order valence-corrected chi connectivity index (χ4v) is 4.85. The molecule has 1 spiro atoms. The van der Waals surface area contributed by atoms with E-state index in [-0.39, 0.29) is 12.2 Å². The molecule has 5 nitrogen and oxygen atoms in total. The molecule has 0 saturated carbocycles. The van der Waals surface area contributed by atoms with E-state index >= 15 is 0 Å². The summed E-state index contributed by atoms with van der Waals surface area (Å²) >= 11 is 0. The van der Waals surface area contributed by atoms with Crippen LogP contribution in [-0.4, -0.2) is 16.2 Å². The summed E-state index contributed by atoms with van der Waals surface area (Å²) in [7, 11) is 0. The SMILES string of the molecule is C=CC1(c2ccccc2)COC2(O1)c1ccccc1-n1c2nc2c(C)c(C)ccc2c1=O. The van der Waals surface area contributed by atoms with Crippen LogP contribution in [0.3, 0.4) is 0 Å². The van der Waals surface area contributed by atoms with E-state index in [4.69, 9.17) is 14.5 Å². The van der Waals surface area contributed by atoms with Crippen molar-refractivity contribution in [2.75, 3.05) is 6.61 Å². The van der Waals surface area contributed by atoms with Gasteiger partial charge >= 0.3 is 0 Å². The van der Waals surface area contributed by atoms with Gasteiger partial charge in [0.1, 0.15) is 5.60 Å². The first-order valence-corrected chi connectivity index (χ1v) is 10.7. The predicted octanol–water partition coefficient (Wildman–Crippen LogP) is 4.65. The van der Waals surface area contributed by atoms with Crippen molar-refractivity contribution in [2.24, 2.45) is 0 Å². The second-order valence-electron chi connectivity index (χ2n) is 8.46. The summed E-state index contributed by atoms with van der Waals surface area (Å²) in [5.41, 5.74) is 4.19. The highest BCUT2D eigenvalue weighted by Gasteiger charge is 2.58. The van der Waals surface area contributed by atoms with Crippen LogP contribution in [0.5, 0.6) is 0 Å². The Morgan fingerprint density at radius 2 is 1.78 bits per heavy atom. The van der Waals surface area contributed by atoms with Crippen LogP contribution in [0.25, 0.3) is 16.6 Å². The van der Waals surface area contributed by atoms with Gasteiger partial charge in [-0.3, -0.25) is 9.36 Å². The van der Waals surface area contributed by atoms with E-state index in [9.17, 15) is 4.79 Å². The lowest BCUT2D eigenvalue weighted by molar-refractivity contribution is -0.159. The number of hydrogen-bond donors (Lipinski definition) is 0. The summed E-state index contributed by atoms with van der Waals surface area (Å²) in [5.74, 6) is -0.853. The number of nitrogens with zero attached hydrogens (tertiary/aromatic N) is 2. The fourth-order valence-electron chi connectivity index (χ4n) is 4.85. The van der Waals surface area contributed by atoms with Crippen molar-refractivity contribution in [3.05, 3.63) is 118 Å². The van der Waals surface area contributed by atoms with E-state index in [1.165, 1.54) is 0 Å². The number of benzene rings is 3. The molecule has 158 valence electrons. The maximum Gasteiger partial charge on any atom is 0.266 e. The first-order valence-electron chi connectivity index (χ1n) is 10.7. The van der Waals surface area contributed by atoms with Crippen LogP contribution in [0.15, 0.2) is 84.2 Å². The Hall–Kier alpha value is -3.54. The van der Waals surface area contributed by atoms with E-state index in [1.54, 1.807) is 10.6 Å². The van der Waals surface area contributed by atoms with E-state index in [0.29, 0.717) is 16.7 Å². The van der Waals surface area contributed by atoms with Gasteiger partial charge in [-0.15, -0.1) is 0 Å². The smallest absolute Gasteiger partial charge is 0.266 e. The van der Waals surface area contributed by atoms with E-state index < -0.39 is 11.4 Å². The number of hydrogen-bond acceptors (Lipinski definition) is 4. The Kier molecular flexibility index (Phi) is 3.88. The largest absolute Gasteiger partial charge is 0.336 e. The van der Waals surface area contributed by atoms with Crippen molar-refractivity contribution in [2.45, 2.75) is 25.2 Å². The lowest BCUT2D eigenvalue weighted by Gasteiger charge is -2.28. The second-order valence-corrected chi connectivity index (χ2v) is 8.46. The van der Waals surface area contributed by atoms with Gasteiger partial charge in [0.05, 0.1) is 23.2 Å². The van der Waals surface area contributed by atoms with Gasteiger partial charge in [0.2, 0.25) is 0 Å². The molecule has 5 heteroatoms. The average molecular weight is 422 g/mol. The molecule has 0 aliphatic carbocycles. The third-order valence-electron chi connectivity index (χ3n) is 6.77. The third kappa shape index (κ3) is 2.29. The summed E-state index contributed by atoms with van der Waals surface area (Å²) < 4.78 is 14.9. The van der Waals surface area contributed by atoms with Gasteiger partial charge in [-0.05, 0) is 42.7 Å². The van der Waals surface area contributed by atoms with Gasteiger partial charge in [-0.1, -0.05) is 67.3 Å². The van der Waals surface area contributed by atoms with E-state index in [2.05, 4.69) is 6.58 Å². The maximum atomic E-state index is 13.7. The minimum absolute atomic E-state index is 0.125. The number of aryl methyl sites for hydroxylation is 2. The molecule has 1 aromatic heterocycles. The van der Waals surface area contributed by atoms with Crippen molar-refractivity contribution < 1.29 is 9.47 Å². The van der Waals surface area contributed by atoms with Gasteiger partial charge in [0.15, 0.2) is 5.82 Å². The standard InChI is InChI=1S/C27H22N2O3/c1-4-26(19-10-6-5-7-11-19)16-31-27(32-26)21-12-8-9-13-22(21)29-24(30)20-15-14-17(2)18(3)23(20)28-25(27)29/h4-15H,1,16H2,2-3H3. The summed E-state index contributed by atoms with van der Waals surface area (Å²) in [6.45, 7) is 8.33. The zero-order valence-corrected chi connectivity index (χ0v) is 18.0. The first kappa shape index (κ1) is 19.2. The molecular formula is C27H22N2O3. The van der Waals surface area contributed by atoms with Gasteiger partial charge < -0.3 is 9.47 Å². The zero-order valence-electron chi connectivity index (χ0n) is 18.0. The van der Waals surface area contributed by atoms with E-state index in [1.807, 2.05) is 80.6 Å². The highest BCUT2D eigenvalue weighted by Crippen LogP contribution is 2.52. The summed E-state index contributed by atoms with van der Waals surface area (Å²) in [6, 6.07) is 21.4. The van der Waals surface area contributed by atoms with Gasteiger partial charge in [0, 0.05) is 5.56 Å². The zero-order chi connectivity index (χ0) is 22.1. The monoisotopic (exact) mass is 422 g/mol. The first-order chi connectivity index (χ1) is 15.5. The molecule has 3 aromatic carbocycles. The van der Waals surface area contributed by atoms with Crippen LogP contribution in [-0.2, 0) is 20.9 Å². The summed E-state index contributed by atoms with van der Waals surface area (Å²) in [6.07, 6.45) is 1.77.